The van der Waals surface area contributed by atoms with Crippen LogP contribution >= 0.6 is 11.6 Å². The third-order valence-corrected chi connectivity index (χ3v) is 4.72. The van der Waals surface area contributed by atoms with Crippen molar-refractivity contribution in [3.8, 4) is 0 Å². The number of benzene rings is 1. The summed E-state index contributed by atoms with van der Waals surface area (Å²) < 4.78 is 11.8. The summed E-state index contributed by atoms with van der Waals surface area (Å²) in [6.07, 6.45) is 0.0524. The van der Waals surface area contributed by atoms with Crippen LogP contribution in [0.5, 0.6) is 0 Å². The Morgan fingerprint density at radius 3 is 2.78 bits per heavy atom. The summed E-state index contributed by atoms with van der Waals surface area (Å²) in [6.45, 7) is 3.64. The number of ether oxygens (including phenoxy) is 2. The fourth-order valence-electron chi connectivity index (χ4n) is 3.43. The van der Waals surface area contributed by atoms with Gasteiger partial charge in [-0.15, -0.1) is 0 Å². The molecule has 0 radical (unpaired) electrons. The second-order valence-electron chi connectivity index (χ2n) is 6.53. The van der Waals surface area contributed by atoms with Gasteiger partial charge in [0.25, 0.3) is 5.91 Å². The summed E-state index contributed by atoms with van der Waals surface area (Å²) >= 11 is 6.09. The zero-order valence-electron chi connectivity index (χ0n) is 13.1. The van der Waals surface area contributed by atoms with Crippen LogP contribution in [-0.2, 0) is 9.47 Å². The highest BCUT2D eigenvalue weighted by Gasteiger charge is 2.54. The van der Waals surface area contributed by atoms with E-state index in [2.05, 4.69) is 5.32 Å². The molecule has 1 saturated carbocycles. The van der Waals surface area contributed by atoms with Crippen LogP contribution in [-0.4, -0.2) is 41.7 Å². The SMILES string of the molecule is CC1(C)O[C@@H]2[C@@H](CO)C[C@@H](NC(=O)c3c(N)cccc3Cl)[C@@H]2O1. The lowest BCUT2D eigenvalue weighted by Crippen LogP contribution is -2.43. The van der Waals surface area contributed by atoms with Gasteiger partial charge in [-0.1, -0.05) is 17.7 Å². The number of carbonyl (C=O) groups excluding carboxylic acids is 1. The summed E-state index contributed by atoms with van der Waals surface area (Å²) in [6, 6.07) is 4.69. The normalized spacial score (nSPS) is 31.8. The zero-order valence-corrected chi connectivity index (χ0v) is 13.8. The molecule has 1 aliphatic carbocycles. The Morgan fingerprint density at radius 1 is 1.43 bits per heavy atom. The van der Waals surface area contributed by atoms with Gasteiger partial charge in [0.15, 0.2) is 5.79 Å². The maximum Gasteiger partial charge on any atom is 0.255 e. The average molecular weight is 341 g/mol. The van der Waals surface area contributed by atoms with Gasteiger partial charge in [0, 0.05) is 18.2 Å². The molecule has 0 bridgehead atoms. The Bertz CT molecular complexity index is 602. The standard InChI is InChI=1S/C16H21ClN2O4/c1-16(2)22-13-8(7-20)6-11(14(13)23-16)19-15(21)12-9(17)4-3-5-10(12)18/h3-5,8,11,13-14,20H,6-7,18H2,1-2H3,(H,19,21)/t8-,11-,13-,14+/m1/s1. The first-order valence-electron chi connectivity index (χ1n) is 7.64. The molecular weight excluding hydrogens is 320 g/mol. The molecule has 2 fully saturated rings. The van der Waals surface area contributed by atoms with E-state index in [0.29, 0.717) is 17.1 Å². The van der Waals surface area contributed by atoms with E-state index >= 15 is 0 Å². The maximum atomic E-state index is 12.6. The molecule has 126 valence electrons. The van der Waals surface area contributed by atoms with Gasteiger partial charge in [0.1, 0.15) is 6.10 Å². The molecule has 1 amide bonds. The third-order valence-electron chi connectivity index (χ3n) is 4.41. The highest BCUT2D eigenvalue weighted by Crippen LogP contribution is 2.41. The van der Waals surface area contributed by atoms with Gasteiger partial charge in [-0.05, 0) is 32.4 Å². The molecule has 0 unspecified atom stereocenters. The van der Waals surface area contributed by atoms with Crippen molar-refractivity contribution in [3.05, 3.63) is 28.8 Å². The Kier molecular flexibility index (Phi) is 4.27. The van der Waals surface area contributed by atoms with E-state index in [1.165, 1.54) is 0 Å². The quantitative estimate of drug-likeness (QED) is 0.726. The van der Waals surface area contributed by atoms with Crippen molar-refractivity contribution in [2.45, 2.75) is 44.3 Å². The summed E-state index contributed by atoms with van der Waals surface area (Å²) in [7, 11) is 0. The van der Waals surface area contributed by atoms with Gasteiger partial charge in [0.2, 0.25) is 0 Å². The van der Waals surface area contributed by atoms with Gasteiger partial charge >= 0.3 is 0 Å². The van der Waals surface area contributed by atoms with Crippen molar-refractivity contribution in [2.24, 2.45) is 5.92 Å². The van der Waals surface area contributed by atoms with E-state index in [4.69, 9.17) is 26.8 Å². The first kappa shape index (κ1) is 16.5. The van der Waals surface area contributed by atoms with Gasteiger partial charge in [-0.2, -0.15) is 0 Å². The van der Waals surface area contributed by atoms with Crippen LogP contribution in [0.25, 0.3) is 0 Å². The Morgan fingerprint density at radius 2 is 2.13 bits per heavy atom. The van der Waals surface area contributed by atoms with E-state index in [1.807, 2.05) is 13.8 Å². The van der Waals surface area contributed by atoms with Gasteiger partial charge < -0.3 is 25.6 Å². The topological polar surface area (TPSA) is 93.8 Å². The predicted molar refractivity (Wildman–Crippen MR) is 86.1 cm³/mol. The molecule has 1 aliphatic heterocycles. The van der Waals surface area contributed by atoms with Crippen LogP contribution in [0.2, 0.25) is 5.02 Å². The van der Waals surface area contributed by atoms with E-state index in [-0.39, 0.29) is 42.2 Å². The van der Waals surface area contributed by atoms with E-state index in [0.717, 1.165) is 0 Å². The second kappa shape index (κ2) is 5.94. The number of amides is 1. The molecule has 1 aromatic carbocycles. The zero-order chi connectivity index (χ0) is 16.8. The number of halogens is 1. The monoisotopic (exact) mass is 340 g/mol. The molecule has 1 aromatic rings. The molecule has 3 rings (SSSR count). The van der Waals surface area contributed by atoms with Crippen molar-refractivity contribution in [3.63, 3.8) is 0 Å². The number of hydrogen-bond acceptors (Lipinski definition) is 5. The molecule has 6 nitrogen and oxygen atoms in total. The van der Waals surface area contributed by atoms with E-state index in [9.17, 15) is 9.90 Å². The molecule has 1 heterocycles. The third kappa shape index (κ3) is 3.04. The average Bonchev–Trinajstić information content (AvgIpc) is 2.93. The van der Waals surface area contributed by atoms with Crippen molar-refractivity contribution < 1.29 is 19.4 Å². The predicted octanol–water partition coefficient (Wildman–Crippen LogP) is 1.55. The van der Waals surface area contributed by atoms with Crippen LogP contribution in [0.4, 0.5) is 5.69 Å². The van der Waals surface area contributed by atoms with Crippen molar-refractivity contribution >= 4 is 23.2 Å². The lowest BCUT2D eigenvalue weighted by atomic mass is 10.1. The largest absolute Gasteiger partial charge is 0.398 e. The Hall–Kier alpha value is -1.34. The number of fused-ring (bicyclic) bond motifs is 1. The molecule has 7 heteroatoms. The summed E-state index contributed by atoms with van der Waals surface area (Å²) in [5, 5.41) is 12.8. The first-order chi connectivity index (χ1) is 10.8. The number of aliphatic hydroxyl groups is 1. The van der Waals surface area contributed by atoms with Crippen LogP contribution in [0, 0.1) is 5.92 Å². The molecule has 23 heavy (non-hydrogen) atoms. The number of carbonyl (C=O) groups is 1. The summed E-state index contributed by atoms with van der Waals surface area (Å²) in [5.74, 6) is -1.14. The lowest BCUT2D eigenvalue weighted by Gasteiger charge is -2.23. The second-order valence-corrected chi connectivity index (χ2v) is 6.93. The van der Waals surface area contributed by atoms with Crippen molar-refractivity contribution in [1.29, 1.82) is 0 Å². The molecule has 2 aliphatic rings. The maximum absolute atomic E-state index is 12.6. The number of anilines is 1. The summed E-state index contributed by atoms with van der Waals surface area (Å²) in [4.78, 5) is 12.6. The molecule has 4 atom stereocenters. The Labute approximate surface area is 139 Å². The minimum absolute atomic E-state index is 0.0127. The minimum atomic E-state index is -0.727. The van der Waals surface area contributed by atoms with E-state index in [1.54, 1.807) is 18.2 Å². The number of rotatable bonds is 3. The van der Waals surface area contributed by atoms with E-state index < -0.39 is 5.79 Å². The number of hydrogen-bond donors (Lipinski definition) is 3. The van der Waals surface area contributed by atoms with Crippen molar-refractivity contribution in [2.75, 3.05) is 12.3 Å². The lowest BCUT2D eigenvalue weighted by molar-refractivity contribution is -0.159. The van der Waals surface area contributed by atoms with Crippen molar-refractivity contribution in [1.82, 2.24) is 5.32 Å². The first-order valence-corrected chi connectivity index (χ1v) is 8.01. The van der Waals surface area contributed by atoms with Crippen LogP contribution in [0.3, 0.4) is 0 Å². The van der Waals surface area contributed by atoms with Crippen LogP contribution in [0.1, 0.15) is 30.6 Å². The highest BCUT2D eigenvalue weighted by atomic mass is 35.5. The fraction of sp³-hybridized carbons (Fsp3) is 0.562. The molecule has 0 aromatic heterocycles. The molecule has 0 spiro atoms. The fourth-order valence-corrected chi connectivity index (χ4v) is 3.70. The number of aliphatic hydroxyl groups excluding tert-OH is 1. The highest BCUT2D eigenvalue weighted by molar-refractivity contribution is 6.34. The van der Waals surface area contributed by atoms with Gasteiger partial charge in [-0.3, -0.25) is 4.79 Å². The minimum Gasteiger partial charge on any atom is -0.398 e. The molecule has 1 saturated heterocycles. The van der Waals surface area contributed by atoms with Gasteiger partial charge in [0.05, 0.1) is 22.7 Å². The van der Waals surface area contributed by atoms with Gasteiger partial charge in [-0.25, -0.2) is 0 Å². The smallest absolute Gasteiger partial charge is 0.255 e. The molecule has 4 N–H and O–H groups in total. The number of nitrogen functional groups attached to an aromatic ring is 1. The number of nitrogens with one attached hydrogen (secondary N) is 1. The Balaban J connectivity index is 1.79. The van der Waals surface area contributed by atoms with Crippen LogP contribution < -0.4 is 11.1 Å². The summed E-state index contributed by atoms with van der Waals surface area (Å²) in [5.41, 5.74) is 6.45. The molecular formula is C16H21ClN2O4. The number of nitrogens with two attached hydrogens (primary N) is 1. The van der Waals surface area contributed by atoms with Crippen LogP contribution in [0.15, 0.2) is 18.2 Å².